The van der Waals surface area contributed by atoms with Gasteiger partial charge in [-0.25, -0.2) is 0 Å². The van der Waals surface area contributed by atoms with Crippen LogP contribution in [0.3, 0.4) is 0 Å². The molecule has 0 radical (unpaired) electrons. The molecule has 1 N–H and O–H groups in total. The predicted molar refractivity (Wildman–Crippen MR) is 96.3 cm³/mol. The summed E-state index contributed by atoms with van der Waals surface area (Å²) in [5, 5.41) is 3.66. The molecular formula is C18H28N2O3S. The van der Waals surface area contributed by atoms with E-state index in [2.05, 4.69) is 12.2 Å². The van der Waals surface area contributed by atoms with Crippen LogP contribution in [0, 0.1) is 11.3 Å². The van der Waals surface area contributed by atoms with E-state index < -0.39 is 5.41 Å². The number of hydrogen-bond donors (Lipinski definition) is 1. The molecule has 5 nitrogen and oxygen atoms in total. The van der Waals surface area contributed by atoms with Gasteiger partial charge in [-0.15, -0.1) is 0 Å². The van der Waals surface area contributed by atoms with Gasteiger partial charge in [0.05, 0.1) is 10.8 Å². The van der Waals surface area contributed by atoms with E-state index in [1.165, 1.54) is 29.2 Å². The highest BCUT2D eigenvalue weighted by molar-refractivity contribution is 8.04. The molecule has 0 aromatic heterocycles. The Balaban J connectivity index is 2.00. The largest absolute Gasteiger partial charge is 0.352 e. The summed E-state index contributed by atoms with van der Waals surface area (Å²) in [5.74, 6) is 0.476. The lowest BCUT2D eigenvalue weighted by Crippen LogP contribution is -2.45. The molecule has 134 valence electrons. The first-order valence-corrected chi connectivity index (χ1v) is 9.65. The Morgan fingerprint density at radius 3 is 2.58 bits per heavy atom. The fraction of sp³-hybridized carbons (Fsp3) is 0.722. The van der Waals surface area contributed by atoms with E-state index in [-0.39, 0.29) is 35.9 Å². The Labute approximate surface area is 148 Å². The molecule has 2 atom stereocenters. The molecular weight excluding hydrogens is 324 g/mol. The quantitative estimate of drug-likeness (QED) is 0.790. The minimum atomic E-state index is -0.495. The maximum absolute atomic E-state index is 12.4. The summed E-state index contributed by atoms with van der Waals surface area (Å²) in [6, 6.07) is 0.195. The molecule has 1 aliphatic heterocycles. The summed E-state index contributed by atoms with van der Waals surface area (Å²) in [6.45, 7) is 7.69. The summed E-state index contributed by atoms with van der Waals surface area (Å²) < 4.78 is 0. The van der Waals surface area contributed by atoms with E-state index >= 15 is 0 Å². The Bertz CT molecular complexity index is 551. The SMILES string of the molecule is CC1CCCCC1NC(=O)CN1C(=O)CS/C1=C/C(=O)C(C)(C)C. The van der Waals surface area contributed by atoms with Crippen molar-refractivity contribution >= 4 is 29.4 Å². The van der Waals surface area contributed by atoms with Crippen molar-refractivity contribution in [1.82, 2.24) is 10.2 Å². The van der Waals surface area contributed by atoms with Crippen LogP contribution in [0.1, 0.15) is 53.4 Å². The number of allylic oxidation sites excluding steroid dienone is 1. The summed E-state index contributed by atoms with van der Waals surface area (Å²) in [6.07, 6.45) is 6.00. The summed E-state index contributed by atoms with van der Waals surface area (Å²) in [5.41, 5.74) is -0.495. The van der Waals surface area contributed by atoms with Crippen molar-refractivity contribution in [2.24, 2.45) is 11.3 Å². The van der Waals surface area contributed by atoms with Gasteiger partial charge in [-0.2, -0.15) is 0 Å². The maximum atomic E-state index is 12.4. The van der Waals surface area contributed by atoms with Gasteiger partial charge in [0.1, 0.15) is 6.54 Å². The number of rotatable bonds is 4. The molecule has 2 unspecified atom stereocenters. The lowest BCUT2D eigenvalue weighted by atomic mass is 9.86. The number of thioether (sulfide) groups is 1. The van der Waals surface area contributed by atoms with Gasteiger partial charge in [0, 0.05) is 17.5 Å². The second-order valence-electron chi connectivity index (χ2n) is 7.80. The number of carbonyl (C=O) groups excluding carboxylic acids is 3. The second kappa shape index (κ2) is 7.72. The molecule has 6 heteroatoms. The molecule has 2 aliphatic rings. The van der Waals surface area contributed by atoms with Crippen LogP contribution in [0.15, 0.2) is 11.1 Å². The number of ketones is 1. The highest BCUT2D eigenvalue weighted by atomic mass is 32.2. The van der Waals surface area contributed by atoms with Gasteiger partial charge in [-0.1, -0.05) is 52.3 Å². The third-order valence-electron chi connectivity index (χ3n) is 4.66. The van der Waals surface area contributed by atoms with Crippen LogP contribution in [0.25, 0.3) is 0 Å². The van der Waals surface area contributed by atoms with Gasteiger partial charge < -0.3 is 5.32 Å². The lowest BCUT2D eigenvalue weighted by molar-refractivity contribution is -0.131. The van der Waals surface area contributed by atoms with E-state index in [4.69, 9.17) is 0 Å². The van der Waals surface area contributed by atoms with Crippen molar-refractivity contribution in [3.05, 3.63) is 11.1 Å². The molecule has 1 heterocycles. The molecule has 1 saturated heterocycles. The van der Waals surface area contributed by atoms with E-state index in [1.807, 2.05) is 20.8 Å². The zero-order valence-corrected chi connectivity index (χ0v) is 15.9. The van der Waals surface area contributed by atoms with Crippen molar-refractivity contribution < 1.29 is 14.4 Å². The molecule has 0 bridgehead atoms. The monoisotopic (exact) mass is 352 g/mol. The van der Waals surface area contributed by atoms with Crippen molar-refractivity contribution in [2.75, 3.05) is 12.3 Å². The molecule has 1 saturated carbocycles. The van der Waals surface area contributed by atoms with Crippen LogP contribution in [0.4, 0.5) is 0 Å². The summed E-state index contributed by atoms with van der Waals surface area (Å²) in [7, 11) is 0. The number of nitrogens with one attached hydrogen (secondary N) is 1. The van der Waals surface area contributed by atoms with E-state index in [1.54, 1.807) is 0 Å². The summed E-state index contributed by atoms with van der Waals surface area (Å²) in [4.78, 5) is 38.1. The Hall–Kier alpha value is -1.30. The van der Waals surface area contributed by atoms with Gasteiger partial charge in [-0.05, 0) is 18.8 Å². The molecule has 0 spiro atoms. The van der Waals surface area contributed by atoms with Crippen LogP contribution in [-0.4, -0.2) is 40.8 Å². The van der Waals surface area contributed by atoms with Gasteiger partial charge in [-0.3, -0.25) is 19.3 Å². The average molecular weight is 353 g/mol. The van der Waals surface area contributed by atoms with Gasteiger partial charge >= 0.3 is 0 Å². The third kappa shape index (κ3) is 4.85. The fourth-order valence-electron chi connectivity index (χ4n) is 2.96. The first kappa shape index (κ1) is 19.0. The van der Waals surface area contributed by atoms with E-state index in [9.17, 15) is 14.4 Å². The normalized spacial score (nSPS) is 26.8. The predicted octanol–water partition coefficient (Wildman–Crippen LogP) is 2.71. The molecule has 2 fully saturated rings. The topological polar surface area (TPSA) is 66.5 Å². The van der Waals surface area contributed by atoms with Crippen LogP contribution in [0.2, 0.25) is 0 Å². The van der Waals surface area contributed by atoms with Crippen molar-refractivity contribution in [3.8, 4) is 0 Å². The number of amides is 2. The lowest BCUT2D eigenvalue weighted by Gasteiger charge is -2.30. The van der Waals surface area contributed by atoms with Crippen LogP contribution in [0.5, 0.6) is 0 Å². The molecule has 24 heavy (non-hydrogen) atoms. The average Bonchev–Trinajstić information content (AvgIpc) is 2.81. The Morgan fingerprint density at radius 2 is 1.96 bits per heavy atom. The van der Waals surface area contributed by atoms with Gasteiger partial charge in [0.15, 0.2) is 5.78 Å². The molecule has 2 amide bonds. The zero-order chi connectivity index (χ0) is 17.9. The molecule has 0 aromatic rings. The summed E-state index contributed by atoms with van der Waals surface area (Å²) >= 11 is 1.33. The fourth-order valence-corrected chi connectivity index (χ4v) is 3.90. The second-order valence-corrected chi connectivity index (χ2v) is 8.80. The first-order chi connectivity index (χ1) is 11.2. The van der Waals surface area contributed by atoms with Crippen LogP contribution < -0.4 is 5.32 Å². The van der Waals surface area contributed by atoms with E-state index in [0.29, 0.717) is 10.9 Å². The maximum Gasteiger partial charge on any atom is 0.240 e. The van der Waals surface area contributed by atoms with E-state index in [0.717, 1.165) is 19.3 Å². The number of nitrogens with zero attached hydrogens (tertiary/aromatic N) is 1. The Kier molecular flexibility index (Phi) is 6.12. The number of carbonyl (C=O) groups is 3. The Morgan fingerprint density at radius 1 is 1.29 bits per heavy atom. The number of hydrogen-bond acceptors (Lipinski definition) is 4. The van der Waals surface area contributed by atoms with Gasteiger partial charge in [0.2, 0.25) is 11.8 Å². The minimum absolute atomic E-state index is 0.00168. The minimum Gasteiger partial charge on any atom is -0.352 e. The zero-order valence-electron chi connectivity index (χ0n) is 15.1. The molecule has 2 rings (SSSR count). The van der Waals surface area contributed by atoms with Gasteiger partial charge in [0.25, 0.3) is 0 Å². The van der Waals surface area contributed by atoms with Crippen molar-refractivity contribution in [3.63, 3.8) is 0 Å². The smallest absolute Gasteiger partial charge is 0.240 e. The third-order valence-corrected chi connectivity index (χ3v) is 5.69. The highest BCUT2D eigenvalue weighted by Gasteiger charge is 2.32. The van der Waals surface area contributed by atoms with Crippen LogP contribution >= 0.6 is 11.8 Å². The first-order valence-electron chi connectivity index (χ1n) is 8.67. The standard InChI is InChI=1S/C18H28N2O3S/c1-12-7-5-6-8-13(12)19-15(22)10-20-16(23)11-24-17(20)9-14(21)18(2,3)4/h9,12-13H,5-8,10-11H2,1-4H3,(H,19,22)/b17-9+. The van der Waals surface area contributed by atoms with Crippen molar-refractivity contribution in [2.45, 2.75) is 59.4 Å². The van der Waals surface area contributed by atoms with Crippen LogP contribution in [-0.2, 0) is 14.4 Å². The van der Waals surface area contributed by atoms with Crippen molar-refractivity contribution in [1.29, 1.82) is 0 Å². The molecule has 0 aromatic carbocycles. The molecule has 1 aliphatic carbocycles. The highest BCUT2D eigenvalue weighted by Crippen LogP contribution is 2.30.